The number of carbonyl (C=O) groups excluding carboxylic acids is 1. The molecular weight excluding hydrogens is 280 g/mol. The lowest BCUT2D eigenvalue weighted by atomic mass is 10.0. The Morgan fingerprint density at radius 3 is 2.76 bits per heavy atom. The number of benzene rings is 1. The fourth-order valence-electron chi connectivity index (χ4n) is 2.70. The van der Waals surface area contributed by atoms with Crippen molar-refractivity contribution in [1.82, 2.24) is 0 Å². The van der Waals surface area contributed by atoms with Crippen molar-refractivity contribution in [3.8, 4) is 0 Å². The zero-order valence-electron chi connectivity index (χ0n) is 12.9. The van der Waals surface area contributed by atoms with Crippen LogP contribution in [0.1, 0.15) is 50.5 Å². The van der Waals surface area contributed by atoms with Gasteiger partial charge in [-0.05, 0) is 56.5 Å². The second-order valence-electron chi connectivity index (χ2n) is 5.80. The number of anilines is 1. The molecule has 0 unspecified atom stereocenters. The van der Waals surface area contributed by atoms with Crippen LogP contribution in [0.3, 0.4) is 0 Å². The standard InChI is InChI=1S/C17H26N2OS/c1-13-12-15(21-14-6-3-2-4-7-14)9-10-16(13)19-17(20)8-5-11-18/h9-10,12,14H,2-8,11,18H2,1H3,(H,19,20). The fourth-order valence-corrected chi connectivity index (χ4v) is 4.05. The molecule has 116 valence electrons. The number of amides is 1. The van der Waals surface area contributed by atoms with E-state index in [1.165, 1.54) is 37.0 Å². The van der Waals surface area contributed by atoms with E-state index in [2.05, 4.69) is 24.4 Å². The maximum atomic E-state index is 11.8. The van der Waals surface area contributed by atoms with Gasteiger partial charge in [0.25, 0.3) is 0 Å². The Kier molecular flexibility index (Phi) is 6.58. The monoisotopic (exact) mass is 306 g/mol. The van der Waals surface area contributed by atoms with Gasteiger partial charge in [-0.1, -0.05) is 19.3 Å². The highest BCUT2D eigenvalue weighted by atomic mass is 32.2. The molecular formula is C17H26N2OS. The minimum atomic E-state index is 0.0521. The van der Waals surface area contributed by atoms with Crippen LogP contribution in [0.5, 0.6) is 0 Å². The van der Waals surface area contributed by atoms with E-state index in [1.54, 1.807) is 0 Å². The highest BCUT2D eigenvalue weighted by molar-refractivity contribution is 8.00. The molecule has 1 saturated carbocycles. The van der Waals surface area contributed by atoms with Crippen LogP contribution in [0.4, 0.5) is 5.69 Å². The summed E-state index contributed by atoms with van der Waals surface area (Å²) in [7, 11) is 0. The van der Waals surface area contributed by atoms with Gasteiger partial charge in [0.2, 0.25) is 5.91 Å². The first kappa shape index (κ1) is 16.4. The van der Waals surface area contributed by atoms with Crippen molar-refractivity contribution in [3.05, 3.63) is 23.8 Å². The van der Waals surface area contributed by atoms with Gasteiger partial charge in [0.1, 0.15) is 0 Å². The van der Waals surface area contributed by atoms with Gasteiger partial charge in [0.05, 0.1) is 0 Å². The van der Waals surface area contributed by atoms with Gasteiger partial charge in [0, 0.05) is 22.3 Å². The molecule has 4 heteroatoms. The van der Waals surface area contributed by atoms with Crippen molar-refractivity contribution in [2.24, 2.45) is 5.73 Å². The summed E-state index contributed by atoms with van der Waals surface area (Å²) in [5.41, 5.74) is 7.48. The molecule has 0 aliphatic heterocycles. The molecule has 1 aliphatic carbocycles. The SMILES string of the molecule is Cc1cc(SC2CCCCC2)ccc1NC(=O)CCCN. The lowest BCUT2D eigenvalue weighted by molar-refractivity contribution is -0.116. The van der Waals surface area contributed by atoms with Gasteiger partial charge in [-0.3, -0.25) is 4.79 Å². The van der Waals surface area contributed by atoms with Crippen molar-refractivity contribution >= 4 is 23.4 Å². The summed E-state index contributed by atoms with van der Waals surface area (Å²) in [6.45, 7) is 2.62. The number of rotatable bonds is 6. The molecule has 0 spiro atoms. The van der Waals surface area contributed by atoms with Gasteiger partial charge in [-0.25, -0.2) is 0 Å². The molecule has 1 amide bonds. The number of nitrogens with one attached hydrogen (secondary N) is 1. The molecule has 1 aliphatic rings. The average molecular weight is 306 g/mol. The minimum Gasteiger partial charge on any atom is -0.330 e. The summed E-state index contributed by atoms with van der Waals surface area (Å²) in [5.74, 6) is 0.0521. The number of thioether (sulfide) groups is 1. The largest absolute Gasteiger partial charge is 0.330 e. The summed E-state index contributed by atoms with van der Waals surface area (Å²) >= 11 is 1.99. The predicted molar refractivity (Wildman–Crippen MR) is 90.8 cm³/mol. The molecule has 0 heterocycles. The molecule has 2 rings (SSSR count). The summed E-state index contributed by atoms with van der Waals surface area (Å²) < 4.78 is 0. The molecule has 0 bridgehead atoms. The Hall–Kier alpha value is -1.00. The fraction of sp³-hybridized carbons (Fsp3) is 0.588. The zero-order chi connectivity index (χ0) is 15.1. The Balaban J connectivity index is 1.91. The van der Waals surface area contributed by atoms with Gasteiger partial charge in [-0.15, -0.1) is 11.8 Å². The second-order valence-corrected chi connectivity index (χ2v) is 7.17. The van der Waals surface area contributed by atoms with Crippen LogP contribution in [0.15, 0.2) is 23.1 Å². The number of aryl methyl sites for hydroxylation is 1. The number of hydrogen-bond acceptors (Lipinski definition) is 3. The van der Waals surface area contributed by atoms with Crippen molar-refractivity contribution in [2.75, 3.05) is 11.9 Å². The first-order valence-electron chi connectivity index (χ1n) is 7.96. The Morgan fingerprint density at radius 2 is 2.10 bits per heavy atom. The van der Waals surface area contributed by atoms with E-state index in [4.69, 9.17) is 5.73 Å². The van der Waals surface area contributed by atoms with Crippen molar-refractivity contribution in [3.63, 3.8) is 0 Å². The summed E-state index contributed by atoms with van der Waals surface area (Å²) in [4.78, 5) is 13.1. The smallest absolute Gasteiger partial charge is 0.224 e. The van der Waals surface area contributed by atoms with Gasteiger partial charge in [0.15, 0.2) is 0 Å². The van der Waals surface area contributed by atoms with E-state index in [1.807, 2.05) is 17.8 Å². The molecule has 0 aromatic heterocycles. The molecule has 1 fully saturated rings. The maximum absolute atomic E-state index is 11.8. The summed E-state index contributed by atoms with van der Waals surface area (Å²) in [6.07, 6.45) is 8.03. The normalized spacial score (nSPS) is 15.9. The van der Waals surface area contributed by atoms with Crippen molar-refractivity contribution in [2.45, 2.75) is 62.0 Å². The number of nitrogens with two attached hydrogens (primary N) is 1. The average Bonchev–Trinajstić information content (AvgIpc) is 2.49. The predicted octanol–water partition coefficient (Wildman–Crippen LogP) is 4.10. The lowest BCUT2D eigenvalue weighted by Crippen LogP contribution is -2.14. The van der Waals surface area contributed by atoms with Crippen molar-refractivity contribution < 1.29 is 4.79 Å². The Labute approximate surface area is 132 Å². The molecule has 1 aromatic rings. The molecule has 0 saturated heterocycles. The van der Waals surface area contributed by atoms with Crippen LogP contribution < -0.4 is 11.1 Å². The second kappa shape index (κ2) is 8.44. The van der Waals surface area contributed by atoms with Crippen LogP contribution in [0.2, 0.25) is 0 Å². The zero-order valence-corrected chi connectivity index (χ0v) is 13.7. The minimum absolute atomic E-state index is 0.0521. The first-order valence-corrected chi connectivity index (χ1v) is 8.84. The lowest BCUT2D eigenvalue weighted by Gasteiger charge is -2.21. The third kappa shape index (κ3) is 5.36. The van der Waals surface area contributed by atoms with E-state index in [9.17, 15) is 4.79 Å². The molecule has 0 atom stereocenters. The van der Waals surface area contributed by atoms with E-state index in [0.717, 1.165) is 22.9 Å². The molecule has 0 radical (unpaired) electrons. The van der Waals surface area contributed by atoms with Crippen LogP contribution in [-0.4, -0.2) is 17.7 Å². The highest BCUT2D eigenvalue weighted by Crippen LogP contribution is 2.34. The summed E-state index contributed by atoms with van der Waals surface area (Å²) in [5, 5.41) is 3.74. The van der Waals surface area contributed by atoms with Crippen LogP contribution >= 0.6 is 11.8 Å². The van der Waals surface area contributed by atoms with Gasteiger partial charge in [-0.2, -0.15) is 0 Å². The molecule has 3 N–H and O–H groups in total. The maximum Gasteiger partial charge on any atom is 0.224 e. The highest BCUT2D eigenvalue weighted by Gasteiger charge is 2.15. The van der Waals surface area contributed by atoms with Crippen molar-refractivity contribution in [1.29, 1.82) is 0 Å². The molecule has 1 aromatic carbocycles. The summed E-state index contributed by atoms with van der Waals surface area (Å²) in [6, 6.07) is 6.35. The Morgan fingerprint density at radius 1 is 1.33 bits per heavy atom. The van der Waals surface area contributed by atoms with Crippen LogP contribution in [0, 0.1) is 6.92 Å². The topological polar surface area (TPSA) is 55.1 Å². The third-order valence-corrected chi connectivity index (χ3v) is 5.27. The Bertz CT molecular complexity index is 470. The van der Waals surface area contributed by atoms with Crippen LogP contribution in [0.25, 0.3) is 0 Å². The van der Waals surface area contributed by atoms with E-state index < -0.39 is 0 Å². The van der Waals surface area contributed by atoms with Gasteiger partial charge >= 0.3 is 0 Å². The molecule has 3 nitrogen and oxygen atoms in total. The van der Waals surface area contributed by atoms with Crippen LogP contribution in [-0.2, 0) is 4.79 Å². The number of carbonyl (C=O) groups is 1. The van der Waals surface area contributed by atoms with E-state index in [-0.39, 0.29) is 5.91 Å². The third-order valence-electron chi connectivity index (χ3n) is 3.93. The van der Waals surface area contributed by atoms with Gasteiger partial charge < -0.3 is 11.1 Å². The van der Waals surface area contributed by atoms with E-state index >= 15 is 0 Å². The quantitative estimate of drug-likeness (QED) is 0.832. The first-order chi connectivity index (χ1) is 10.2. The van der Waals surface area contributed by atoms with E-state index in [0.29, 0.717) is 13.0 Å². The number of hydrogen-bond donors (Lipinski definition) is 2. The molecule has 21 heavy (non-hydrogen) atoms.